The van der Waals surface area contributed by atoms with Crippen LogP contribution in [-0.2, 0) is 24.2 Å². The molecule has 3 heterocycles. The average Bonchev–Trinajstić information content (AvgIpc) is 3.52. The number of hydrogen-bond acceptors (Lipinski definition) is 6. The molecule has 1 aliphatic heterocycles. The second kappa shape index (κ2) is 12.8. The lowest BCUT2D eigenvalue weighted by molar-refractivity contribution is -0.134. The molecule has 5 rings (SSSR count). The van der Waals surface area contributed by atoms with Crippen molar-refractivity contribution in [1.82, 2.24) is 35.1 Å². The summed E-state index contributed by atoms with van der Waals surface area (Å²) in [5.41, 5.74) is 5.43. The minimum absolute atomic E-state index is 0.0353. The lowest BCUT2D eigenvalue weighted by atomic mass is 9.84. The SMILES string of the molecule is CCCCc1nc(C)c(CCC(=O)N2CCCC(C)(C)C2)c(=O)n1Cc1ccc(-c2ccccc2-c2nn[nH]n2)cc1. The molecule has 0 saturated carbocycles. The van der Waals surface area contributed by atoms with Gasteiger partial charge in [0.25, 0.3) is 5.56 Å². The quantitative estimate of drug-likeness (QED) is 0.276. The van der Waals surface area contributed by atoms with E-state index in [2.05, 4.69) is 65.7 Å². The zero-order valence-electron chi connectivity index (χ0n) is 25.2. The molecular weight excluding hydrogens is 526 g/mol. The van der Waals surface area contributed by atoms with Gasteiger partial charge in [0, 0.05) is 42.8 Å². The topological polar surface area (TPSA) is 110 Å². The van der Waals surface area contributed by atoms with Crippen LogP contribution in [0.3, 0.4) is 0 Å². The van der Waals surface area contributed by atoms with E-state index in [0.29, 0.717) is 30.8 Å². The van der Waals surface area contributed by atoms with Crippen LogP contribution in [0.1, 0.15) is 75.5 Å². The van der Waals surface area contributed by atoms with E-state index < -0.39 is 0 Å². The van der Waals surface area contributed by atoms with E-state index in [0.717, 1.165) is 79.0 Å². The Bertz CT molecular complexity index is 1570. The Morgan fingerprint density at radius 3 is 2.50 bits per heavy atom. The highest BCUT2D eigenvalue weighted by Gasteiger charge is 2.29. The van der Waals surface area contributed by atoms with E-state index in [1.54, 1.807) is 0 Å². The third-order valence-electron chi connectivity index (χ3n) is 8.26. The molecule has 1 saturated heterocycles. The molecule has 2 aromatic heterocycles. The highest BCUT2D eigenvalue weighted by Crippen LogP contribution is 2.30. The summed E-state index contributed by atoms with van der Waals surface area (Å²) in [6, 6.07) is 16.2. The molecule has 0 aliphatic carbocycles. The van der Waals surface area contributed by atoms with Crippen molar-refractivity contribution >= 4 is 5.91 Å². The van der Waals surface area contributed by atoms with Crippen molar-refractivity contribution in [2.24, 2.45) is 5.41 Å². The molecule has 1 N–H and O–H groups in total. The number of aromatic nitrogens is 6. The molecule has 2 aromatic carbocycles. The molecule has 1 aliphatic rings. The molecule has 0 atom stereocenters. The predicted molar refractivity (Wildman–Crippen MR) is 164 cm³/mol. The standard InChI is InChI=1S/C33H41N7O2/c1-5-6-12-29-34-23(2)26(17-18-30(41)39-20-9-19-33(3,4)22-39)32(42)40(29)21-24-13-15-25(16-14-24)27-10-7-8-11-28(27)31-35-37-38-36-31/h7-8,10-11,13-16H,5-6,9,12,17-22H2,1-4H3,(H,35,36,37,38). The monoisotopic (exact) mass is 567 g/mol. The molecule has 1 fully saturated rings. The Labute approximate surface area is 247 Å². The predicted octanol–water partition coefficient (Wildman–Crippen LogP) is 5.37. The number of likely N-dealkylation sites (tertiary alicyclic amines) is 1. The number of unbranched alkanes of at least 4 members (excludes halogenated alkanes) is 1. The number of aromatic amines is 1. The van der Waals surface area contributed by atoms with E-state index in [1.165, 1.54) is 0 Å². The molecule has 0 bridgehead atoms. The molecular formula is C33H41N7O2. The van der Waals surface area contributed by atoms with E-state index in [1.807, 2.05) is 40.7 Å². The Balaban J connectivity index is 1.38. The Hall–Kier alpha value is -4.14. The second-order valence-electron chi connectivity index (χ2n) is 12.1. The van der Waals surface area contributed by atoms with E-state index in [4.69, 9.17) is 4.98 Å². The summed E-state index contributed by atoms with van der Waals surface area (Å²) in [5.74, 6) is 1.47. The van der Waals surface area contributed by atoms with Gasteiger partial charge in [0.05, 0.1) is 6.54 Å². The Kier molecular flexibility index (Phi) is 8.94. The third kappa shape index (κ3) is 6.66. The van der Waals surface area contributed by atoms with Gasteiger partial charge in [0.15, 0.2) is 0 Å². The number of H-pyrrole nitrogens is 1. The van der Waals surface area contributed by atoms with Crippen molar-refractivity contribution in [3.8, 4) is 22.5 Å². The van der Waals surface area contributed by atoms with Crippen molar-refractivity contribution in [2.75, 3.05) is 13.1 Å². The van der Waals surface area contributed by atoms with Crippen LogP contribution >= 0.6 is 0 Å². The second-order valence-corrected chi connectivity index (χ2v) is 12.1. The van der Waals surface area contributed by atoms with Crippen molar-refractivity contribution in [1.29, 1.82) is 0 Å². The zero-order chi connectivity index (χ0) is 29.7. The first-order chi connectivity index (χ1) is 20.3. The number of piperidine rings is 1. The van der Waals surface area contributed by atoms with Crippen LogP contribution in [-0.4, -0.2) is 54.1 Å². The maximum Gasteiger partial charge on any atom is 0.257 e. The summed E-state index contributed by atoms with van der Waals surface area (Å²) in [7, 11) is 0. The fourth-order valence-corrected chi connectivity index (χ4v) is 5.94. The fourth-order valence-electron chi connectivity index (χ4n) is 5.94. The van der Waals surface area contributed by atoms with E-state index in [-0.39, 0.29) is 16.9 Å². The fraction of sp³-hybridized carbons (Fsp3) is 0.455. The van der Waals surface area contributed by atoms with Crippen LogP contribution < -0.4 is 5.56 Å². The van der Waals surface area contributed by atoms with E-state index in [9.17, 15) is 9.59 Å². The van der Waals surface area contributed by atoms with Gasteiger partial charge in [-0.25, -0.2) is 4.98 Å². The third-order valence-corrected chi connectivity index (χ3v) is 8.26. The number of tetrazole rings is 1. The minimum Gasteiger partial charge on any atom is -0.342 e. The summed E-state index contributed by atoms with van der Waals surface area (Å²) in [5, 5.41) is 14.5. The molecule has 220 valence electrons. The highest BCUT2D eigenvalue weighted by atomic mass is 16.2. The van der Waals surface area contributed by atoms with Gasteiger partial charge in [0.2, 0.25) is 11.7 Å². The van der Waals surface area contributed by atoms with Crippen molar-refractivity contribution in [2.45, 2.75) is 79.2 Å². The minimum atomic E-state index is -0.0353. The number of aryl methyl sites for hydroxylation is 2. The number of carbonyl (C=O) groups excluding carboxylic acids is 1. The van der Waals surface area contributed by atoms with Crippen LogP contribution in [0.5, 0.6) is 0 Å². The lowest BCUT2D eigenvalue weighted by Gasteiger charge is -2.38. The van der Waals surface area contributed by atoms with Crippen molar-refractivity contribution in [3.05, 3.63) is 81.5 Å². The number of carbonyl (C=O) groups is 1. The van der Waals surface area contributed by atoms with Gasteiger partial charge in [-0.15, -0.1) is 10.2 Å². The van der Waals surface area contributed by atoms with Gasteiger partial charge >= 0.3 is 0 Å². The van der Waals surface area contributed by atoms with Crippen LogP contribution in [0, 0.1) is 12.3 Å². The largest absolute Gasteiger partial charge is 0.342 e. The molecule has 0 radical (unpaired) electrons. The Morgan fingerprint density at radius 1 is 1.05 bits per heavy atom. The van der Waals surface area contributed by atoms with Crippen LogP contribution in [0.2, 0.25) is 0 Å². The smallest absolute Gasteiger partial charge is 0.257 e. The summed E-state index contributed by atoms with van der Waals surface area (Å²) >= 11 is 0. The first kappa shape index (κ1) is 29.4. The van der Waals surface area contributed by atoms with Crippen LogP contribution in [0.25, 0.3) is 22.5 Å². The molecule has 42 heavy (non-hydrogen) atoms. The first-order valence-electron chi connectivity index (χ1n) is 15.0. The Morgan fingerprint density at radius 2 is 1.81 bits per heavy atom. The van der Waals surface area contributed by atoms with Gasteiger partial charge in [-0.2, -0.15) is 5.21 Å². The number of rotatable bonds is 10. The summed E-state index contributed by atoms with van der Waals surface area (Å²) in [6.45, 7) is 10.5. The van der Waals surface area contributed by atoms with Gasteiger partial charge in [0.1, 0.15) is 5.82 Å². The molecule has 0 unspecified atom stereocenters. The number of hydrogen-bond donors (Lipinski definition) is 1. The normalized spacial score (nSPS) is 14.7. The summed E-state index contributed by atoms with van der Waals surface area (Å²) in [6.07, 6.45) is 5.62. The van der Waals surface area contributed by atoms with Crippen molar-refractivity contribution < 1.29 is 4.79 Å². The number of amides is 1. The molecule has 0 spiro atoms. The number of nitrogens with zero attached hydrogens (tertiary/aromatic N) is 6. The average molecular weight is 568 g/mol. The van der Waals surface area contributed by atoms with E-state index >= 15 is 0 Å². The van der Waals surface area contributed by atoms with Gasteiger partial charge in [-0.3, -0.25) is 14.2 Å². The number of benzene rings is 2. The number of nitrogens with one attached hydrogen (secondary N) is 1. The first-order valence-corrected chi connectivity index (χ1v) is 15.0. The summed E-state index contributed by atoms with van der Waals surface area (Å²) < 4.78 is 1.81. The molecule has 4 aromatic rings. The van der Waals surface area contributed by atoms with Gasteiger partial charge in [-0.05, 0) is 59.9 Å². The summed E-state index contributed by atoms with van der Waals surface area (Å²) in [4.78, 5) is 33.9. The van der Waals surface area contributed by atoms with Crippen LogP contribution in [0.15, 0.2) is 53.3 Å². The lowest BCUT2D eigenvalue weighted by Crippen LogP contribution is -2.43. The van der Waals surface area contributed by atoms with Gasteiger partial charge in [-0.1, -0.05) is 75.7 Å². The van der Waals surface area contributed by atoms with Crippen molar-refractivity contribution in [3.63, 3.8) is 0 Å². The highest BCUT2D eigenvalue weighted by molar-refractivity contribution is 5.80. The maximum atomic E-state index is 13.9. The van der Waals surface area contributed by atoms with Gasteiger partial charge < -0.3 is 4.90 Å². The maximum absolute atomic E-state index is 13.9. The molecule has 1 amide bonds. The van der Waals surface area contributed by atoms with Crippen LogP contribution in [0.4, 0.5) is 0 Å². The molecule has 9 heteroatoms. The molecule has 9 nitrogen and oxygen atoms in total. The zero-order valence-corrected chi connectivity index (χ0v) is 25.2.